The number of halogens is 1. The van der Waals surface area contributed by atoms with Gasteiger partial charge in [0.2, 0.25) is 0 Å². The van der Waals surface area contributed by atoms with E-state index in [2.05, 4.69) is 21.5 Å². The van der Waals surface area contributed by atoms with Crippen LogP contribution in [-0.4, -0.2) is 28.5 Å². The van der Waals surface area contributed by atoms with Crippen molar-refractivity contribution in [3.05, 3.63) is 21.7 Å². The number of nitrogens with one attached hydrogen (secondary N) is 2. The van der Waals surface area contributed by atoms with Crippen LogP contribution in [0, 0.1) is 0 Å². The Kier molecular flexibility index (Phi) is 5.57. The number of unbranched alkanes of at least 4 members (excludes halogenated alkanes) is 1. The lowest BCUT2D eigenvalue weighted by Gasteiger charge is -2.05. The molecule has 0 radical (unpaired) electrons. The predicted molar refractivity (Wildman–Crippen MR) is 66.0 cm³/mol. The molecular weight excluding hydrogens is 234 g/mol. The summed E-state index contributed by atoms with van der Waals surface area (Å²) in [5, 5.41) is 3.17. The van der Waals surface area contributed by atoms with E-state index in [1.807, 2.05) is 11.8 Å². The number of rotatable bonds is 6. The Morgan fingerprint density at radius 3 is 3.13 bits per heavy atom. The Bertz CT molecular complexity index is 355. The Labute approximate surface area is 97.8 Å². The van der Waals surface area contributed by atoms with Crippen LogP contribution < -0.4 is 10.9 Å². The number of thioether (sulfide) groups is 1. The fourth-order valence-electron chi connectivity index (χ4n) is 1.08. The van der Waals surface area contributed by atoms with Gasteiger partial charge < -0.3 is 10.3 Å². The molecule has 0 unspecified atom stereocenters. The van der Waals surface area contributed by atoms with Gasteiger partial charge in [-0.25, -0.2) is 4.98 Å². The summed E-state index contributed by atoms with van der Waals surface area (Å²) in [7, 11) is 0. The molecule has 0 aliphatic carbocycles. The summed E-state index contributed by atoms with van der Waals surface area (Å²) in [6.45, 7) is 0.788. The lowest BCUT2D eigenvalue weighted by molar-refractivity contribution is 0.838. The second-order valence-electron chi connectivity index (χ2n) is 3.02. The van der Waals surface area contributed by atoms with Crippen LogP contribution in [0.5, 0.6) is 0 Å². The summed E-state index contributed by atoms with van der Waals surface area (Å²) < 4.78 is 0. The van der Waals surface area contributed by atoms with Crippen LogP contribution in [0.2, 0.25) is 5.02 Å². The summed E-state index contributed by atoms with van der Waals surface area (Å²) in [5.41, 5.74) is -0.307. The highest BCUT2D eigenvalue weighted by atomic mass is 35.5. The molecule has 0 fully saturated rings. The smallest absolute Gasteiger partial charge is 0.271 e. The topological polar surface area (TPSA) is 57.8 Å². The Hall–Kier alpha value is -0.680. The molecule has 0 aliphatic heterocycles. The Balaban J connectivity index is 2.38. The lowest BCUT2D eigenvalue weighted by atomic mass is 10.3. The fraction of sp³-hybridized carbons (Fsp3) is 0.556. The van der Waals surface area contributed by atoms with E-state index in [4.69, 9.17) is 11.6 Å². The van der Waals surface area contributed by atoms with E-state index >= 15 is 0 Å². The molecule has 15 heavy (non-hydrogen) atoms. The molecule has 2 N–H and O–H groups in total. The third-order valence-corrected chi connectivity index (χ3v) is 2.91. The minimum atomic E-state index is -0.307. The number of H-pyrrole nitrogens is 1. The normalized spacial score (nSPS) is 10.3. The van der Waals surface area contributed by atoms with Gasteiger partial charge in [0.1, 0.15) is 5.02 Å². The molecule has 0 aliphatic rings. The second-order valence-corrected chi connectivity index (χ2v) is 4.38. The minimum Gasteiger partial charge on any atom is -0.369 e. The number of aromatic nitrogens is 2. The van der Waals surface area contributed by atoms with Crippen molar-refractivity contribution in [2.24, 2.45) is 0 Å². The molecule has 0 atom stereocenters. The number of anilines is 1. The van der Waals surface area contributed by atoms with Crippen LogP contribution in [-0.2, 0) is 0 Å². The molecule has 0 aromatic carbocycles. The molecule has 1 aromatic rings. The fourth-order valence-corrected chi connectivity index (χ4v) is 1.75. The Morgan fingerprint density at radius 1 is 1.60 bits per heavy atom. The summed E-state index contributed by atoms with van der Waals surface area (Å²) in [6.07, 6.45) is 5.63. The zero-order valence-corrected chi connectivity index (χ0v) is 10.1. The van der Waals surface area contributed by atoms with Crippen molar-refractivity contribution in [2.75, 3.05) is 23.9 Å². The molecule has 0 saturated heterocycles. The number of nitrogens with zero attached hydrogens (tertiary/aromatic N) is 1. The van der Waals surface area contributed by atoms with Crippen molar-refractivity contribution in [3.8, 4) is 0 Å². The van der Waals surface area contributed by atoms with E-state index in [0.717, 1.165) is 25.1 Å². The molecule has 6 heteroatoms. The summed E-state index contributed by atoms with van der Waals surface area (Å²) in [5.74, 6) is 1.61. The van der Waals surface area contributed by atoms with Gasteiger partial charge >= 0.3 is 0 Å². The molecule has 4 nitrogen and oxygen atoms in total. The average Bonchev–Trinajstić information content (AvgIpc) is 2.24. The van der Waals surface area contributed by atoms with Crippen LogP contribution in [0.4, 0.5) is 5.82 Å². The summed E-state index contributed by atoms with van der Waals surface area (Å²) in [6, 6.07) is 0. The molecule has 1 rings (SSSR count). The first-order valence-electron chi connectivity index (χ1n) is 4.71. The predicted octanol–water partition coefficient (Wildman–Crippen LogP) is 1.98. The van der Waals surface area contributed by atoms with Gasteiger partial charge in [-0.2, -0.15) is 11.8 Å². The standard InChI is InChI=1S/C9H14ClN3OS/c1-15-5-3-2-4-11-8-7(10)9(14)13-6-12-8/h6H,2-5H2,1H3,(H2,11,12,13,14). The van der Waals surface area contributed by atoms with Crippen LogP contribution in [0.15, 0.2) is 11.1 Å². The van der Waals surface area contributed by atoms with Crippen molar-refractivity contribution in [1.29, 1.82) is 0 Å². The highest BCUT2D eigenvalue weighted by molar-refractivity contribution is 7.98. The number of aromatic amines is 1. The van der Waals surface area contributed by atoms with E-state index in [-0.39, 0.29) is 10.6 Å². The first kappa shape index (κ1) is 12.4. The first-order valence-corrected chi connectivity index (χ1v) is 6.49. The summed E-state index contributed by atoms with van der Waals surface area (Å²) >= 11 is 7.59. The molecule has 84 valence electrons. The monoisotopic (exact) mass is 247 g/mol. The molecule has 0 amide bonds. The third kappa shape index (κ3) is 4.13. The number of hydrogen-bond acceptors (Lipinski definition) is 4. The molecule has 0 saturated carbocycles. The van der Waals surface area contributed by atoms with E-state index in [9.17, 15) is 4.79 Å². The third-order valence-electron chi connectivity index (χ3n) is 1.86. The molecule has 1 aromatic heterocycles. The van der Waals surface area contributed by atoms with Crippen molar-refractivity contribution >= 4 is 29.2 Å². The van der Waals surface area contributed by atoms with Crippen molar-refractivity contribution in [3.63, 3.8) is 0 Å². The molecule has 0 bridgehead atoms. The first-order chi connectivity index (χ1) is 7.25. The van der Waals surface area contributed by atoms with Gasteiger partial charge in [-0.05, 0) is 24.9 Å². The van der Waals surface area contributed by atoms with Gasteiger partial charge in [-0.3, -0.25) is 4.79 Å². The van der Waals surface area contributed by atoms with Crippen LogP contribution >= 0.6 is 23.4 Å². The average molecular weight is 248 g/mol. The molecular formula is C9H14ClN3OS. The van der Waals surface area contributed by atoms with Crippen LogP contribution in [0.3, 0.4) is 0 Å². The maximum absolute atomic E-state index is 11.1. The molecule has 0 spiro atoms. The van der Waals surface area contributed by atoms with Crippen molar-refractivity contribution in [2.45, 2.75) is 12.8 Å². The van der Waals surface area contributed by atoms with Gasteiger partial charge in [0.15, 0.2) is 5.82 Å². The quantitative estimate of drug-likeness (QED) is 0.755. The zero-order valence-electron chi connectivity index (χ0n) is 8.55. The van der Waals surface area contributed by atoms with Crippen LogP contribution in [0.1, 0.15) is 12.8 Å². The summed E-state index contributed by atoms with van der Waals surface area (Å²) in [4.78, 5) is 17.5. The second kappa shape index (κ2) is 6.74. The van der Waals surface area contributed by atoms with E-state index < -0.39 is 0 Å². The maximum atomic E-state index is 11.1. The SMILES string of the molecule is CSCCCCNc1nc[nH]c(=O)c1Cl. The van der Waals surface area contributed by atoms with E-state index in [1.165, 1.54) is 6.33 Å². The van der Waals surface area contributed by atoms with Gasteiger partial charge in [0.05, 0.1) is 6.33 Å². The van der Waals surface area contributed by atoms with E-state index in [1.54, 1.807) is 0 Å². The van der Waals surface area contributed by atoms with E-state index in [0.29, 0.717) is 5.82 Å². The van der Waals surface area contributed by atoms with Crippen molar-refractivity contribution < 1.29 is 0 Å². The minimum absolute atomic E-state index is 0.127. The zero-order chi connectivity index (χ0) is 11.1. The van der Waals surface area contributed by atoms with Gasteiger partial charge in [0, 0.05) is 6.54 Å². The number of hydrogen-bond donors (Lipinski definition) is 2. The highest BCUT2D eigenvalue weighted by Gasteiger charge is 2.03. The van der Waals surface area contributed by atoms with Gasteiger partial charge in [-0.15, -0.1) is 0 Å². The highest BCUT2D eigenvalue weighted by Crippen LogP contribution is 2.12. The lowest BCUT2D eigenvalue weighted by Crippen LogP contribution is -2.12. The van der Waals surface area contributed by atoms with Gasteiger partial charge in [0.25, 0.3) is 5.56 Å². The largest absolute Gasteiger partial charge is 0.369 e. The van der Waals surface area contributed by atoms with Gasteiger partial charge in [-0.1, -0.05) is 11.6 Å². The Morgan fingerprint density at radius 2 is 2.40 bits per heavy atom. The maximum Gasteiger partial charge on any atom is 0.271 e. The van der Waals surface area contributed by atoms with Crippen LogP contribution in [0.25, 0.3) is 0 Å². The molecule has 1 heterocycles. The van der Waals surface area contributed by atoms with Crippen molar-refractivity contribution in [1.82, 2.24) is 9.97 Å².